The lowest BCUT2D eigenvalue weighted by Gasteiger charge is -2.05. The molecule has 5 heteroatoms. The van der Waals surface area contributed by atoms with Crippen LogP contribution < -0.4 is 0 Å². The quantitative estimate of drug-likeness (QED) is 0.421. The zero-order chi connectivity index (χ0) is 18.2. The van der Waals surface area contributed by atoms with Gasteiger partial charge in [-0.1, -0.05) is 54.1 Å². The Morgan fingerprint density at radius 2 is 1.81 bits per heavy atom. The number of halogens is 1. The monoisotopic (exact) mass is 389 g/mol. The number of nitrogens with zero attached hydrogens (tertiary/aromatic N) is 3. The molecule has 132 valence electrons. The molecule has 2 heterocycles. The standard InChI is InChI=1S/C22H16ClN3S/c23-19-10-6-15(7-11-19)12-17-8-9-18-13-24-26(21(17)18)22-25-20(14-27-22)16-4-2-1-3-5-16/h1-7,10-14H,8-9H2. The molecular formula is C22H16ClN3S. The van der Waals surface area contributed by atoms with Crippen molar-refractivity contribution in [2.75, 3.05) is 0 Å². The second-order valence-electron chi connectivity index (χ2n) is 6.53. The van der Waals surface area contributed by atoms with Gasteiger partial charge in [0.15, 0.2) is 0 Å². The highest BCUT2D eigenvalue weighted by Gasteiger charge is 2.24. The first kappa shape index (κ1) is 16.5. The third kappa shape index (κ3) is 3.11. The van der Waals surface area contributed by atoms with Crippen molar-refractivity contribution in [2.45, 2.75) is 12.8 Å². The van der Waals surface area contributed by atoms with Crippen molar-refractivity contribution >= 4 is 34.6 Å². The van der Waals surface area contributed by atoms with Gasteiger partial charge in [-0.15, -0.1) is 11.3 Å². The van der Waals surface area contributed by atoms with E-state index in [-0.39, 0.29) is 0 Å². The third-order valence-electron chi connectivity index (χ3n) is 4.77. The fourth-order valence-electron chi connectivity index (χ4n) is 3.44. The van der Waals surface area contributed by atoms with Crippen LogP contribution in [0.25, 0.3) is 28.0 Å². The highest BCUT2D eigenvalue weighted by Crippen LogP contribution is 2.36. The first-order valence-corrected chi connectivity index (χ1v) is 10.1. The lowest BCUT2D eigenvalue weighted by molar-refractivity contribution is 0.855. The smallest absolute Gasteiger partial charge is 0.211 e. The van der Waals surface area contributed by atoms with Crippen LogP contribution in [0.2, 0.25) is 5.02 Å². The minimum atomic E-state index is 0.755. The maximum Gasteiger partial charge on any atom is 0.211 e. The van der Waals surface area contributed by atoms with Crippen LogP contribution in [0, 0.1) is 0 Å². The van der Waals surface area contributed by atoms with Crippen molar-refractivity contribution in [3.63, 3.8) is 0 Å². The van der Waals surface area contributed by atoms with Gasteiger partial charge in [0.1, 0.15) is 0 Å². The molecule has 0 atom stereocenters. The van der Waals surface area contributed by atoms with Gasteiger partial charge < -0.3 is 0 Å². The first-order chi connectivity index (χ1) is 13.3. The van der Waals surface area contributed by atoms with Crippen LogP contribution in [0.15, 0.2) is 66.2 Å². The van der Waals surface area contributed by atoms with Crippen LogP contribution in [-0.4, -0.2) is 14.8 Å². The minimum absolute atomic E-state index is 0.755. The predicted molar refractivity (Wildman–Crippen MR) is 112 cm³/mol. The Labute approximate surface area is 166 Å². The molecule has 0 amide bonds. The summed E-state index contributed by atoms with van der Waals surface area (Å²) in [6.07, 6.45) is 6.24. The van der Waals surface area contributed by atoms with Gasteiger partial charge in [-0.3, -0.25) is 0 Å². The summed E-state index contributed by atoms with van der Waals surface area (Å²) in [7, 11) is 0. The van der Waals surface area contributed by atoms with E-state index in [0.717, 1.165) is 39.8 Å². The number of thiazole rings is 1. The molecule has 2 aromatic heterocycles. The van der Waals surface area contributed by atoms with E-state index in [2.05, 4.69) is 28.7 Å². The van der Waals surface area contributed by atoms with Crippen LogP contribution in [0.1, 0.15) is 23.2 Å². The Balaban J connectivity index is 1.54. The van der Waals surface area contributed by atoms with E-state index in [0.29, 0.717) is 0 Å². The molecule has 2 aromatic carbocycles. The Morgan fingerprint density at radius 3 is 2.63 bits per heavy atom. The first-order valence-electron chi connectivity index (χ1n) is 8.83. The van der Waals surface area contributed by atoms with E-state index in [9.17, 15) is 0 Å². The average molecular weight is 390 g/mol. The second-order valence-corrected chi connectivity index (χ2v) is 7.81. The molecule has 5 rings (SSSR count). The van der Waals surface area contributed by atoms with Gasteiger partial charge in [0, 0.05) is 16.0 Å². The molecule has 0 aliphatic heterocycles. The van der Waals surface area contributed by atoms with Crippen LogP contribution >= 0.6 is 22.9 Å². The van der Waals surface area contributed by atoms with Crippen molar-refractivity contribution in [3.05, 3.63) is 88.0 Å². The van der Waals surface area contributed by atoms with Crippen LogP contribution in [-0.2, 0) is 6.42 Å². The molecule has 1 aliphatic carbocycles. The molecule has 0 saturated heterocycles. The number of rotatable bonds is 3. The van der Waals surface area contributed by atoms with Crippen LogP contribution in [0.5, 0.6) is 0 Å². The lowest BCUT2D eigenvalue weighted by Crippen LogP contribution is -2.00. The summed E-state index contributed by atoms with van der Waals surface area (Å²) in [5.41, 5.74) is 7.02. The predicted octanol–water partition coefficient (Wildman–Crippen LogP) is 6.14. The molecule has 0 bridgehead atoms. The van der Waals surface area contributed by atoms with Crippen molar-refractivity contribution in [1.82, 2.24) is 14.8 Å². The molecule has 27 heavy (non-hydrogen) atoms. The fraction of sp³-hybridized carbons (Fsp3) is 0.0909. The summed E-state index contributed by atoms with van der Waals surface area (Å²) in [5.74, 6) is 0. The van der Waals surface area contributed by atoms with E-state index in [4.69, 9.17) is 16.6 Å². The van der Waals surface area contributed by atoms with E-state index >= 15 is 0 Å². The summed E-state index contributed by atoms with van der Waals surface area (Å²) < 4.78 is 1.99. The normalized spacial score (nSPS) is 14.6. The third-order valence-corrected chi connectivity index (χ3v) is 5.83. The SMILES string of the molecule is Clc1ccc(C=C2CCc3cnn(-c4nc(-c5ccccc5)cs4)c32)cc1. The van der Waals surface area contributed by atoms with E-state index in [1.165, 1.54) is 16.8 Å². The molecule has 4 aromatic rings. The summed E-state index contributed by atoms with van der Waals surface area (Å²) in [6.45, 7) is 0. The van der Waals surface area contributed by atoms with Gasteiger partial charge in [0.25, 0.3) is 0 Å². The fourth-order valence-corrected chi connectivity index (χ4v) is 4.37. The average Bonchev–Trinajstić information content (AvgIpc) is 3.42. The number of aryl methyl sites for hydroxylation is 1. The molecule has 0 radical (unpaired) electrons. The van der Waals surface area contributed by atoms with Gasteiger partial charge in [0.2, 0.25) is 5.13 Å². The van der Waals surface area contributed by atoms with E-state index < -0.39 is 0 Å². The number of fused-ring (bicyclic) bond motifs is 1. The number of benzene rings is 2. The van der Waals surface area contributed by atoms with Gasteiger partial charge in [-0.2, -0.15) is 5.10 Å². The van der Waals surface area contributed by atoms with Crippen molar-refractivity contribution in [1.29, 1.82) is 0 Å². The van der Waals surface area contributed by atoms with Crippen LogP contribution in [0.3, 0.4) is 0 Å². The van der Waals surface area contributed by atoms with E-state index in [1.54, 1.807) is 11.3 Å². The number of aromatic nitrogens is 3. The summed E-state index contributed by atoms with van der Waals surface area (Å²) in [5, 5.41) is 8.37. The minimum Gasteiger partial charge on any atom is -0.218 e. The van der Waals surface area contributed by atoms with Crippen molar-refractivity contribution < 1.29 is 0 Å². The highest BCUT2D eigenvalue weighted by molar-refractivity contribution is 7.12. The summed E-state index contributed by atoms with van der Waals surface area (Å²) in [6, 6.07) is 18.2. The maximum atomic E-state index is 6.01. The molecule has 3 nitrogen and oxygen atoms in total. The second kappa shape index (κ2) is 6.80. The van der Waals surface area contributed by atoms with Crippen molar-refractivity contribution in [2.24, 2.45) is 0 Å². The molecule has 1 aliphatic rings. The molecule has 0 saturated carbocycles. The van der Waals surface area contributed by atoms with E-state index in [1.807, 2.05) is 53.3 Å². The molecule has 0 unspecified atom stereocenters. The topological polar surface area (TPSA) is 30.7 Å². The Kier molecular flexibility index (Phi) is 4.15. The Bertz CT molecular complexity index is 1120. The largest absolute Gasteiger partial charge is 0.218 e. The lowest BCUT2D eigenvalue weighted by atomic mass is 10.1. The van der Waals surface area contributed by atoms with Gasteiger partial charge >= 0.3 is 0 Å². The Hall–Kier alpha value is -2.69. The Morgan fingerprint density at radius 1 is 1.00 bits per heavy atom. The van der Waals surface area contributed by atoms with Gasteiger partial charge in [-0.25, -0.2) is 9.67 Å². The number of hydrogen-bond donors (Lipinski definition) is 0. The maximum absolute atomic E-state index is 6.01. The number of allylic oxidation sites excluding steroid dienone is 1. The molecule has 0 spiro atoms. The van der Waals surface area contributed by atoms with Gasteiger partial charge in [0.05, 0.1) is 17.6 Å². The molecule has 0 N–H and O–H groups in total. The highest BCUT2D eigenvalue weighted by atomic mass is 35.5. The summed E-state index contributed by atoms with van der Waals surface area (Å²) in [4.78, 5) is 4.83. The van der Waals surface area contributed by atoms with Gasteiger partial charge in [-0.05, 0) is 47.8 Å². The molecular weight excluding hydrogens is 374 g/mol. The molecule has 0 fully saturated rings. The van der Waals surface area contributed by atoms with Crippen molar-refractivity contribution in [3.8, 4) is 16.4 Å². The zero-order valence-corrected chi connectivity index (χ0v) is 16.0. The summed E-state index contributed by atoms with van der Waals surface area (Å²) >= 11 is 7.63. The van der Waals surface area contributed by atoms with Crippen LogP contribution in [0.4, 0.5) is 0 Å². The zero-order valence-electron chi connectivity index (χ0n) is 14.5. The number of hydrogen-bond acceptors (Lipinski definition) is 3.